The predicted molar refractivity (Wildman–Crippen MR) is 79.3 cm³/mol. The Hall–Kier alpha value is -1.06. The Bertz CT molecular complexity index is 337. The molecule has 0 unspecified atom stereocenters. The second kappa shape index (κ2) is 7.65. The number of hydrogen-bond acceptors (Lipinski definition) is 2. The molecule has 2 fully saturated rings. The number of amides is 2. The molecule has 0 spiro atoms. The van der Waals surface area contributed by atoms with Crippen molar-refractivity contribution in [1.29, 1.82) is 0 Å². The first-order chi connectivity index (χ1) is 9.70. The van der Waals surface area contributed by atoms with Gasteiger partial charge < -0.3 is 9.80 Å². The van der Waals surface area contributed by atoms with Crippen molar-refractivity contribution in [3.05, 3.63) is 0 Å². The van der Waals surface area contributed by atoms with Crippen LogP contribution in [0.3, 0.4) is 0 Å². The maximum Gasteiger partial charge on any atom is 0.224 e. The Morgan fingerprint density at radius 3 is 2.65 bits per heavy atom. The van der Waals surface area contributed by atoms with Gasteiger partial charge in [-0.2, -0.15) is 0 Å². The molecule has 20 heavy (non-hydrogen) atoms. The van der Waals surface area contributed by atoms with E-state index in [9.17, 15) is 9.59 Å². The summed E-state index contributed by atoms with van der Waals surface area (Å²) < 4.78 is 0. The van der Waals surface area contributed by atoms with E-state index < -0.39 is 0 Å². The lowest BCUT2D eigenvalue weighted by Crippen LogP contribution is -2.36. The van der Waals surface area contributed by atoms with Crippen LogP contribution in [0, 0.1) is 5.92 Å². The van der Waals surface area contributed by atoms with Crippen LogP contribution in [0.5, 0.6) is 0 Å². The summed E-state index contributed by atoms with van der Waals surface area (Å²) in [6.07, 6.45) is 8.48. The van der Waals surface area contributed by atoms with Gasteiger partial charge in [0.05, 0.1) is 0 Å². The van der Waals surface area contributed by atoms with Gasteiger partial charge in [-0.25, -0.2) is 0 Å². The summed E-state index contributed by atoms with van der Waals surface area (Å²) in [7, 11) is 0. The van der Waals surface area contributed by atoms with E-state index in [-0.39, 0.29) is 11.8 Å². The number of carbonyl (C=O) groups excluding carboxylic acids is 2. The fourth-order valence-corrected chi connectivity index (χ4v) is 3.41. The van der Waals surface area contributed by atoms with Crippen molar-refractivity contribution >= 4 is 11.8 Å². The van der Waals surface area contributed by atoms with Crippen LogP contribution in [0.1, 0.15) is 58.3 Å². The zero-order valence-electron chi connectivity index (χ0n) is 12.8. The molecule has 1 saturated carbocycles. The Kier molecular flexibility index (Phi) is 5.86. The minimum atomic E-state index is 0.206. The monoisotopic (exact) mass is 280 g/mol. The summed E-state index contributed by atoms with van der Waals surface area (Å²) >= 11 is 0. The van der Waals surface area contributed by atoms with E-state index in [2.05, 4.69) is 6.92 Å². The SMILES string of the molecule is CCCN1CCN(C(=O)CCC2CCCC2)CCC1=O. The first-order valence-corrected chi connectivity index (χ1v) is 8.26. The molecule has 1 heterocycles. The Morgan fingerprint density at radius 2 is 1.95 bits per heavy atom. The molecular weight excluding hydrogens is 252 g/mol. The maximum absolute atomic E-state index is 12.3. The van der Waals surface area contributed by atoms with Gasteiger partial charge in [-0.05, 0) is 18.8 Å². The van der Waals surface area contributed by atoms with Gasteiger partial charge in [0.25, 0.3) is 0 Å². The number of rotatable bonds is 5. The largest absolute Gasteiger partial charge is 0.341 e. The molecule has 2 amide bonds. The predicted octanol–water partition coefficient (Wildman–Crippen LogP) is 2.43. The molecule has 0 radical (unpaired) electrons. The highest BCUT2D eigenvalue weighted by molar-refractivity contribution is 5.80. The van der Waals surface area contributed by atoms with Gasteiger partial charge in [0.15, 0.2) is 0 Å². The molecular formula is C16H28N2O2. The lowest BCUT2D eigenvalue weighted by molar-refractivity contribution is -0.131. The van der Waals surface area contributed by atoms with Gasteiger partial charge in [-0.3, -0.25) is 9.59 Å². The Labute approximate surface area is 122 Å². The molecule has 0 atom stereocenters. The summed E-state index contributed by atoms with van der Waals surface area (Å²) in [5.41, 5.74) is 0. The number of carbonyl (C=O) groups is 2. The molecule has 4 heteroatoms. The number of hydrogen-bond donors (Lipinski definition) is 0. The normalized spacial score (nSPS) is 21.4. The third-order valence-corrected chi connectivity index (χ3v) is 4.68. The number of nitrogens with zero attached hydrogens (tertiary/aromatic N) is 2. The van der Waals surface area contributed by atoms with Crippen LogP contribution in [-0.2, 0) is 9.59 Å². The second-order valence-electron chi connectivity index (χ2n) is 6.20. The summed E-state index contributed by atoms with van der Waals surface area (Å²) in [6, 6.07) is 0. The van der Waals surface area contributed by atoms with Gasteiger partial charge in [0, 0.05) is 39.0 Å². The van der Waals surface area contributed by atoms with Gasteiger partial charge in [0.2, 0.25) is 11.8 Å². The zero-order valence-corrected chi connectivity index (χ0v) is 12.8. The topological polar surface area (TPSA) is 40.6 Å². The zero-order chi connectivity index (χ0) is 14.4. The van der Waals surface area contributed by atoms with Gasteiger partial charge in [0.1, 0.15) is 0 Å². The van der Waals surface area contributed by atoms with Crippen LogP contribution in [0.25, 0.3) is 0 Å². The summed E-state index contributed by atoms with van der Waals surface area (Å²) in [5.74, 6) is 1.23. The van der Waals surface area contributed by atoms with Gasteiger partial charge in [-0.1, -0.05) is 32.6 Å². The van der Waals surface area contributed by atoms with E-state index in [1.54, 1.807) is 0 Å². The van der Waals surface area contributed by atoms with E-state index in [1.165, 1.54) is 25.7 Å². The van der Waals surface area contributed by atoms with Crippen molar-refractivity contribution in [3.8, 4) is 0 Å². The van der Waals surface area contributed by atoms with E-state index in [0.717, 1.165) is 31.8 Å². The molecule has 0 bridgehead atoms. The lowest BCUT2D eigenvalue weighted by atomic mass is 10.0. The fraction of sp³-hybridized carbons (Fsp3) is 0.875. The minimum Gasteiger partial charge on any atom is -0.341 e. The van der Waals surface area contributed by atoms with Crippen molar-refractivity contribution in [3.63, 3.8) is 0 Å². The quantitative estimate of drug-likeness (QED) is 0.776. The lowest BCUT2D eigenvalue weighted by Gasteiger charge is -2.22. The maximum atomic E-state index is 12.3. The standard InChI is InChI=1S/C16H28N2O2/c1-2-10-17-12-13-18(11-9-16(17)20)15(19)8-7-14-5-3-4-6-14/h14H,2-13H2,1H3. The van der Waals surface area contributed by atoms with Crippen molar-refractivity contribution in [2.75, 3.05) is 26.2 Å². The smallest absolute Gasteiger partial charge is 0.224 e. The van der Waals surface area contributed by atoms with Crippen molar-refractivity contribution in [2.24, 2.45) is 5.92 Å². The molecule has 114 valence electrons. The van der Waals surface area contributed by atoms with Crippen LogP contribution in [0.2, 0.25) is 0 Å². The van der Waals surface area contributed by atoms with Gasteiger partial charge in [-0.15, -0.1) is 0 Å². The van der Waals surface area contributed by atoms with Crippen LogP contribution < -0.4 is 0 Å². The molecule has 0 aromatic carbocycles. The summed E-state index contributed by atoms with van der Waals surface area (Å²) in [5, 5.41) is 0. The van der Waals surface area contributed by atoms with E-state index in [4.69, 9.17) is 0 Å². The Morgan fingerprint density at radius 1 is 1.20 bits per heavy atom. The second-order valence-corrected chi connectivity index (χ2v) is 6.20. The summed E-state index contributed by atoms with van der Waals surface area (Å²) in [6.45, 7) is 4.95. The first-order valence-electron chi connectivity index (χ1n) is 8.26. The first kappa shape index (κ1) is 15.3. The summed E-state index contributed by atoms with van der Waals surface area (Å²) in [4.78, 5) is 28.0. The van der Waals surface area contributed by atoms with Crippen LogP contribution in [0.4, 0.5) is 0 Å². The van der Waals surface area contributed by atoms with Crippen molar-refractivity contribution in [1.82, 2.24) is 9.80 Å². The third-order valence-electron chi connectivity index (χ3n) is 4.68. The van der Waals surface area contributed by atoms with E-state index in [1.807, 2.05) is 9.80 Å². The molecule has 2 rings (SSSR count). The van der Waals surface area contributed by atoms with E-state index in [0.29, 0.717) is 25.9 Å². The molecule has 0 N–H and O–H groups in total. The molecule has 0 aromatic rings. The van der Waals surface area contributed by atoms with Crippen LogP contribution in [-0.4, -0.2) is 47.8 Å². The van der Waals surface area contributed by atoms with Gasteiger partial charge >= 0.3 is 0 Å². The fourth-order valence-electron chi connectivity index (χ4n) is 3.41. The molecule has 1 saturated heterocycles. The van der Waals surface area contributed by atoms with Crippen molar-refractivity contribution in [2.45, 2.75) is 58.3 Å². The Balaban J connectivity index is 1.76. The van der Waals surface area contributed by atoms with E-state index >= 15 is 0 Å². The molecule has 1 aliphatic carbocycles. The minimum absolute atomic E-state index is 0.206. The highest BCUT2D eigenvalue weighted by Crippen LogP contribution is 2.28. The van der Waals surface area contributed by atoms with Crippen LogP contribution >= 0.6 is 0 Å². The molecule has 0 aromatic heterocycles. The third kappa shape index (κ3) is 4.22. The molecule has 4 nitrogen and oxygen atoms in total. The van der Waals surface area contributed by atoms with Crippen LogP contribution in [0.15, 0.2) is 0 Å². The van der Waals surface area contributed by atoms with Crippen molar-refractivity contribution < 1.29 is 9.59 Å². The average molecular weight is 280 g/mol. The molecule has 1 aliphatic heterocycles. The highest BCUT2D eigenvalue weighted by Gasteiger charge is 2.24. The average Bonchev–Trinajstić information content (AvgIpc) is 2.89. The molecule has 2 aliphatic rings. The highest BCUT2D eigenvalue weighted by atomic mass is 16.2.